The Morgan fingerprint density at radius 1 is 1.08 bits per heavy atom. The lowest BCUT2D eigenvalue weighted by atomic mass is 10.2. The van der Waals surface area contributed by atoms with Crippen LogP contribution in [0.2, 0.25) is 0 Å². The van der Waals surface area contributed by atoms with Crippen LogP contribution in [0.15, 0.2) is 64.5 Å². The molecule has 0 radical (unpaired) electrons. The minimum atomic E-state index is -0.647. The topological polar surface area (TPSA) is 86.0 Å². The van der Waals surface area contributed by atoms with E-state index in [1.807, 2.05) is 30.3 Å². The van der Waals surface area contributed by atoms with Gasteiger partial charge in [0.05, 0.1) is 16.2 Å². The SMILES string of the molecule is Cc1nc(-c2ccccc2)nc(Sc2ccc([N+](=O)[O-])cc2)c1C(=O)Cl. The zero-order valence-corrected chi connectivity index (χ0v) is 15.1. The van der Waals surface area contributed by atoms with Gasteiger partial charge in [0.1, 0.15) is 5.03 Å². The predicted octanol–water partition coefficient (Wildman–Crippen LogP) is 4.89. The second-order valence-corrected chi connectivity index (χ2v) is 6.71. The molecule has 0 saturated carbocycles. The Morgan fingerprint density at radius 3 is 2.31 bits per heavy atom. The number of nitro benzene ring substituents is 1. The van der Waals surface area contributed by atoms with E-state index in [9.17, 15) is 14.9 Å². The smallest absolute Gasteiger partial charge is 0.269 e. The summed E-state index contributed by atoms with van der Waals surface area (Å²) in [6, 6.07) is 15.4. The van der Waals surface area contributed by atoms with Crippen LogP contribution in [-0.2, 0) is 0 Å². The molecule has 0 aliphatic heterocycles. The van der Waals surface area contributed by atoms with Crippen LogP contribution >= 0.6 is 23.4 Å². The van der Waals surface area contributed by atoms with Gasteiger partial charge in [-0.1, -0.05) is 42.1 Å². The van der Waals surface area contributed by atoms with Gasteiger partial charge in [-0.25, -0.2) is 9.97 Å². The maximum Gasteiger partial charge on any atom is 0.269 e. The zero-order valence-electron chi connectivity index (χ0n) is 13.5. The van der Waals surface area contributed by atoms with Gasteiger partial charge in [0.15, 0.2) is 5.82 Å². The first-order valence-corrected chi connectivity index (χ1v) is 8.71. The van der Waals surface area contributed by atoms with Crippen molar-refractivity contribution < 1.29 is 9.72 Å². The van der Waals surface area contributed by atoms with Crippen LogP contribution in [-0.4, -0.2) is 20.1 Å². The van der Waals surface area contributed by atoms with Crippen LogP contribution in [0, 0.1) is 17.0 Å². The van der Waals surface area contributed by atoms with Gasteiger partial charge in [0, 0.05) is 22.6 Å². The third kappa shape index (κ3) is 3.89. The molecule has 0 N–H and O–H groups in total. The van der Waals surface area contributed by atoms with Gasteiger partial charge in [-0.3, -0.25) is 14.9 Å². The lowest BCUT2D eigenvalue weighted by Crippen LogP contribution is -2.04. The summed E-state index contributed by atoms with van der Waals surface area (Å²) in [4.78, 5) is 31.7. The molecule has 0 unspecified atom stereocenters. The molecule has 0 saturated heterocycles. The zero-order chi connectivity index (χ0) is 18.7. The monoisotopic (exact) mass is 385 g/mol. The van der Waals surface area contributed by atoms with E-state index in [0.717, 1.165) is 5.56 Å². The van der Waals surface area contributed by atoms with Crippen LogP contribution in [0.1, 0.15) is 16.1 Å². The van der Waals surface area contributed by atoms with Crippen LogP contribution < -0.4 is 0 Å². The van der Waals surface area contributed by atoms with E-state index in [-0.39, 0.29) is 11.3 Å². The van der Waals surface area contributed by atoms with Crippen molar-refractivity contribution in [2.45, 2.75) is 16.8 Å². The molecule has 3 rings (SSSR count). The second kappa shape index (κ2) is 7.63. The van der Waals surface area contributed by atoms with Crippen LogP contribution in [0.5, 0.6) is 0 Å². The highest BCUT2D eigenvalue weighted by atomic mass is 35.5. The van der Waals surface area contributed by atoms with E-state index < -0.39 is 10.2 Å². The Morgan fingerprint density at radius 2 is 1.73 bits per heavy atom. The first kappa shape index (κ1) is 18.0. The number of aryl methyl sites for hydroxylation is 1. The van der Waals surface area contributed by atoms with E-state index in [4.69, 9.17) is 11.6 Å². The van der Waals surface area contributed by atoms with Crippen LogP contribution in [0.4, 0.5) is 5.69 Å². The number of hydrogen-bond donors (Lipinski definition) is 0. The summed E-state index contributed by atoms with van der Waals surface area (Å²) in [6.45, 7) is 1.70. The largest absolute Gasteiger partial charge is 0.275 e. The first-order valence-electron chi connectivity index (χ1n) is 7.52. The predicted molar refractivity (Wildman–Crippen MR) is 99.6 cm³/mol. The molecule has 2 aromatic carbocycles. The molecule has 6 nitrogen and oxygen atoms in total. The van der Waals surface area contributed by atoms with Crippen molar-refractivity contribution in [1.82, 2.24) is 9.97 Å². The maximum atomic E-state index is 11.9. The van der Waals surface area contributed by atoms with Crippen LogP contribution in [0.3, 0.4) is 0 Å². The number of nitro groups is 1. The molecule has 0 aliphatic rings. The van der Waals surface area contributed by atoms with E-state index in [1.54, 1.807) is 19.1 Å². The molecule has 0 amide bonds. The fraction of sp³-hybridized carbons (Fsp3) is 0.0556. The lowest BCUT2D eigenvalue weighted by Gasteiger charge is -2.10. The summed E-state index contributed by atoms with van der Waals surface area (Å²) in [5.74, 6) is 0.481. The molecule has 0 atom stereocenters. The summed E-state index contributed by atoms with van der Waals surface area (Å²) in [6.07, 6.45) is 0. The molecule has 1 aromatic heterocycles. The minimum absolute atomic E-state index is 0.00756. The van der Waals surface area contributed by atoms with Gasteiger partial charge in [0.2, 0.25) is 0 Å². The van der Waals surface area contributed by atoms with Crippen molar-refractivity contribution >= 4 is 34.3 Å². The van der Waals surface area contributed by atoms with Gasteiger partial charge < -0.3 is 0 Å². The number of carbonyl (C=O) groups excluding carboxylic acids is 1. The quantitative estimate of drug-likeness (QED) is 0.269. The highest BCUT2D eigenvalue weighted by Crippen LogP contribution is 2.33. The summed E-state index contributed by atoms with van der Waals surface area (Å²) >= 11 is 6.93. The van der Waals surface area contributed by atoms with Gasteiger partial charge in [-0.2, -0.15) is 0 Å². The van der Waals surface area contributed by atoms with Crippen LogP contribution in [0.25, 0.3) is 11.4 Å². The number of nitrogens with zero attached hydrogens (tertiary/aromatic N) is 3. The standard InChI is InChI=1S/C18H12ClN3O3S/c1-11-15(16(19)23)18(21-17(20-11)12-5-3-2-4-6-12)26-14-9-7-13(8-10-14)22(24)25/h2-10H,1H3. The van der Waals surface area contributed by atoms with E-state index in [0.29, 0.717) is 21.4 Å². The molecule has 1 heterocycles. The second-order valence-electron chi connectivity index (χ2n) is 5.31. The van der Waals surface area contributed by atoms with E-state index in [2.05, 4.69) is 9.97 Å². The number of non-ortho nitro benzene ring substituents is 1. The molecule has 3 aromatic rings. The molecule has 0 bridgehead atoms. The van der Waals surface area contributed by atoms with E-state index in [1.165, 1.54) is 23.9 Å². The summed E-state index contributed by atoms with van der Waals surface area (Å²) in [5.41, 5.74) is 1.51. The molecule has 0 aliphatic carbocycles. The fourth-order valence-corrected chi connectivity index (χ4v) is 3.56. The van der Waals surface area contributed by atoms with Gasteiger partial charge >= 0.3 is 0 Å². The number of benzene rings is 2. The van der Waals surface area contributed by atoms with Crippen molar-refractivity contribution in [2.24, 2.45) is 0 Å². The van der Waals surface area contributed by atoms with Crippen molar-refractivity contribution in [3.05, 3.63) is 76.0 Å². The maximum absolute atomic E-state index is 11.9. The van der Waals surface area contributed by atoms with Gasteiger partial charge in [0.25, 0.3) is 10.9 Å². The normalized spacial score (nSPS) is 10.5. The number of aromatic nitrogens is 2. The molecular formula is C18H12ClN3O3S. The lowest BCUT2D eigenvalue weighted by molar-refractivity contribution is -0.384. The Kier molecular flexibility index (Phi) is 5.29. The Bertz CT molecular complexity index is 979. The Labute approximate surface area is 158 Å². The molecule has 26 heavy (non-hydrogen) atoms. The number of hydrogen-bond acceptors (Lipinski definition) is 6. The minimum Gasteiger partial charge on any atom is -0.275 e. The number of halogens is 1. The Hall–Kier alpha value is -2.77. The molecule has 8 heteroatoms. The molecule has 0 fully saturated rings. The highest BCUT2D eigenvalue weighted by Gasteiger charge is 2.19. The van der Waals surface area contributed by atoms with E-state index >= 15 is 0 Å². The average molecular weight is 386 g/mol. The Balaban J connectivity index is 2.04. The number of carbonyl (C=O) groups is 1. The molecule has 130 valence electrons. The van der Waals surface area contributed by atoms with Crippen molar-refractivity contribution in [1.29, 1.82) is 0 Å². The third-order valence-corrected chi connectivity index (χ3v) is 4.73. The van der Waals surface area contributed by atoms with Gasteiger partial charge in [-0.05, 0) is 30.7 Å². The molecular weight excluding hydrogens is 374 g/mol. The summed E-state index contributed by atoms with van der Waals surface area (Å²) in [5, 5.41) is 10.5. The number of rotatable bonds is 5. The van der Waals surface area contributed by atoms with Crippen molar-refractivity contribution in [3.8, 4) is 11.4 Å². The summed E-state index contributed by atoms with van der Waals surface area (Å²) < 4.78 is 0. The first-order chi connectivity index (χ1) is 12.5. The average Bonchev–Trinajstić information content (AvgIpc) is 2.62. The van der Waals surface area contributed by atoms with Crippen molar-refractivity contribution in [2.75, 3.05) is 0 Å². The summed E-state index contributed by atoms with van der Waals surface area (Å²) in [7, 11) is 0. The molecule has 0 spiro atoms. The van der Waals surface area contributed by atoms with Crippen molar-refractivity contribution in [3.63, 3.8) is 0 Å². The van der Waals surface area contributed by atoms with Gasteiger partial charge in [-0.15, -0.1) is 0 Å². The fourth-order valence-electron chi connectivity index (χ4n) is 2.31. The highest BCUT2D eigenvalue weighted by molar-refractivity contribution is 7.99. The third-order valence-electron chi connectivity index (χ3n) is 3.55.